The van der Waals surface area contributed by atoms with E-state index in [2.05, 4.69) is 10.4 Å². The number of nitrogen functional groups attached to an aromatic ring is 1. The van der Waals surface area contributed by atoms with Gasteiger partial charge in [-0.3, -0.25) is 9.48 Å². The number of nitrogens with one attached hydrogen (secondary N) is 1. The van der Waals surface area contributed by atoms with Crippen LogP contribution in [0.1, 0.15) is 21.6 Å². The molecule has 0 saturated heterocycles. The number of carbonyl (C=O) groups is 1. The quantitative estimate of drug-likeness (QED) is 0.798. The zero-order chi connectivity index (χ0) is 13.1. The van der Waals surface area contributed by atoms with E-state index in [0.717, 1.165) is 11.3 Å². The molecule has 2 rings (SSSR count). The highest BCUT2D eigenvalue weighted by Crippen LogP contribution is 2.13. The molecule has 0 radical (unpaired) electrons. The first-order chi connectivity index (χ1) is 8.56. The molecule has 1 heterocycles. The van der Waals surface area contributed by atoms with E-state index < -0.39 is 0 Å². The Hall–Kier alpha value is -2.30. The van der Waals surface area contributed by atoms with Crippen molar-refractivity contribution in [1.29, 1.82) is 0 Å². The average Bonchev–Trinajstić information content (AvgIpc) is 2.72. The van der Waals surface area contributed by atoms with Crippen LogP contribution in [0.3, 0.4) is 0 Å². The Morgan fingerprint density at radius 2 is 2.22 bits per heavy atom. The van der Waals surface area contributed by atoms with Gasteiger partial charge in [0.15, 0.2) is 0 Å². The predicted octanol–water partition coefficient (Wildman–Crippen LogP) is 1.24. The summed E-state index contributed by atoms with van der Waals surface area (Å²) in [6, 6.07) is 7.25. The van der Waals surface area contributed by atoms with Crippen molar-refractivity contribution >= 4 is 11.6 Å². The van der Waals surface area contributed by atoms with Gasteiger partial charge in [0.1, 0.15) is 0 Å². The zero-order valence-electron chi connectivity index (χ0n) is 10.5. The first kappa shape index (κ1) is 12.2. The van der Waals surface area contributed by atoms with E-state index >= 15 is 0 Å². The zero-order valence-corrected chi connectivity index (χ0v) is 10.5. The summed E-state index contributed by atoms with van der Waals surface area (Å²) in [5.41, 5.74) is 8.66. The Morgan fingerprint density at radius 3 is 2.83 bits per heavy atom. The van der Waals surface area contributed by atoms with E-state index in [4.69, 9.17) is 5.73 Å². The van der Waals surface area contributed by atoms with Crippen LogP contribution < -0.4 is 11.1 Å². The van der Waals surface area contributed by atoms with Crippen molar-refractivity contribution in [3.05, 3.63) is 47.3 Å². The molecule has 0 atom stereocenters. The Morgan fingerprint density at radius 1 is 1.44 bits per heavy atom. The summed E-state index contributed by atoms with van der Waals surface area (Å²) in [6.45, 7) is 2.33. The molecule has 5 nitrogen and oxygen atoms in total. The second kappa shape index (κ2) is 4.91. The number of hydrogen-bond acceptors (Lipinski definition) is 3. The summed E-state index contributed by atoms with van der Waals surface area (Å²) in [4.78, 5) is 11.9. The van der Waals surface area contributed by atoms with Crippen molar-refractivity contribution in [2.24, 2.45) is 7.05 Å². The van der Waals surface area contributed by atoms with E-state index in [9.17, 15) is 4.79 Å². The Bertz CT molecular complexity index is 574. The van der Waals surface area contributed by atoms with Gasteiger partial charge in [0.05, 0.1) is 17.8 Å². The lowest BCUT2D eigenvalue weighted by atomic mass is 10.1. The SMILES string of the molecule is Cc1ccc(C(=O)NCc2ccn(C)n2)c(N)c1. The van der Waals surface area contributed by atoms with Gasteiger partial charge in [-0.1, -0.05) is 6.07 Å². The van der Waals surface area contributed by atoms with Crippen molar-refractivity contribution < 1.29 is 4.79 Å². The molecule has 0 aliphatic heterocycles. The summed E-state index contributed by atoms with van der Waals surface area (Å²) < 4.78 is 1.70. The minimum Gasteiger partial charge on any atom is -0.398 e. The molecule has 0 unspecified atom stereocenters. The van der Waals surface area contributed by atoms with Gasteiger partial charge in [-0.05, 0) is 30.7 Å². The highest BCUT2D eigenvalue weighted by molar-refractivity contribution is 5.99. The summed E-state index contributed by atoms with van der Waals surface area (Å²) in [7, 11) is 1.84. The Balaban J connectivity index is 2.03. The van der Waals surface area contributed by atoms with E-state index in [0.29, 0.717) is 17.8 Å². The van der Waals surface area contributed by atoms with Gasteiger partial charge in [0, 0.05) is 18.9 Å². The van der Waals surface area contributed by atoms with Gasteiger partial charge in [-0.2, -0.15) is 5.10 Å². The minimum absolute atomic E-state index is 0.182. The van der Waals surface area contributed by atoms with Gasteiger partial charge >= 0.3 is 0 Å². The van der Waals surface area contributed by atoms with Crippen molar-refractivity contribution in [2.75, 3.05) is 5.73 Å². The maximum atomic E-state index is 11.9. The molecule has 0 aliphatic carbocycles. The number of aryl methyl sites for hydroxylation is 2. The number of aromatic nitrogens is 2. The average molecular weight is 244 g/mol. The van der Waals surface area contributed by atoms with E-state index in [-0.39, 0.29) is 5.91 Å². The normalized spacial score (nSPS) is 10.3. The van der Waals surface area contributed by atoms with Crippen LogP contribution >= 0.6 is 0 Å². The number of anilines is 1. The molecular formula is C13H16N4O. The number of nitrogens with zero attached hydrogens (tertiary/aromatic N) is 2. The van der Waals surface area contributed by atoms with Gasteiger partial charge in [-0.15, -0.1) is 0 Å². The van der Waals surface area contributed by atoms with Crippen LogP contribution in [0.5, 0.6) is 0 Å². The molecule has 1 aromatic carbocycles. The lowest BCUT2D eigenvalue weighted by Gasteiger charge is -2.07. The molecule has 0 bridgehead atoms. The number of hydrogen-bond donors (Lipinski definition) is 2. The molecule has 1 amide bonds. The maximum Gasteiger partial charge on any atom is 0.253 e. The number of rotatable bonds is 3. The van der Waals surface area contributed by atoms with Crippen LogP contribution in [-0.2, 0) is 13.6 Å². The van der Waals surface area contributed by atoms with Crippen molar-refractivity contribution in [1.82, 2.24) is 15.1 Å². The standard InChI is InChI=1S/C13H16N4O/c1-9-3-4-11(12(14)7-9)13(18)15-8-10-5-6-17(2)16-10/h3-7H,8,14H2,1-2H3,(H,15,18). The molecule has 94 valence electrons. The molecule has 2 aromatic rings. The molecule has 5 heteroatoms. The van der Waals surface area contributed by atoms with E-state index in [1.165, 1.54) is 0 Å². The highest BCUT2D eigenvalue weighted by atomic mass is 16.1. The Labute approximate surface area is 106 Å². The molecule has 1 aromatic heterocycles. The fourth-order valence-corrected chi connectivity index (χ4v) is 1.71. The van der Waals surface area contributed by atoms with E-state index in [1.807, 2.05) is 32.3 Å². The van der Waals surface area contributed by atoms with Gasteiger partial charge in [-0.25, -0.2) is 0 Å². The van der Waals surface area contributed by atoms with Crippen molar-refractivity contribution in [3.63, 3.8) is 0 Å². The summed E-state index contributed by atoms with van der Waals surface area (Å²) in [6.07, 6.45) is 1.84. The van der Waals surface area contributed by atoms with Gasteiger partial charge in [0.25, 0.3) is 5.91 Å². The predicted molar refractivity (Wildman–Crippen MR) is 70.0 cm³/mol. The summed E-state index contributed by atoms with van der Waals surface area (Å²) in [5, 5.41) is 6.98. The molecule has 0 saturated carbocycles. The Kier molecular flexibility index (Phi) is 3.32. The van der Waals surface area contributed by atoms with Crippen LogP contribution in [0, 0.1) is 6.92 Å². The lowest BCUT2D eigenvalue weighted by Crippen LogP contribution is -2.24. The first-order valence-electron chi connectivity index (χ1n) is 5.69. The molecular weight excluding hydrogens is 228 g/mol. The number of nitrogens with two attached hydrogens (primary N) is 1. The third kappa shape index (κ3) is 2.68. The topological polar surface area (TPSA) is 72.9 Å². The summed E-state index contributed by atoms with van der Waals surface area (Å²) in [5.74, 6) is -0.182. The third-order valence-electron chi connectivity index (χ3n) is 2.65. The van der Waals surface area contributed by atoms with Crippen LogP contribution in [0.2, 0.25) is 0 Å². The molecule has 0 fully saturated rings. The first-order valence-corrected chi connectivity index (χ1v) is 5.69. The minimum atomic E-state index is -0.182. The second-order valence-electron chi connectivity index (χ2n) is 4.25. The molecule has 0 aliphatic rings. The monoisotopic (exact) mass is 244 g/mol. The number of carbonyl (C=O) groups excluding carboxylic acids is 1. The largest absolute Gasteiger partial charge is 0.398 e. The van der Waals surface area contributed by atoms with Crippen molar-refractivity contribution in [3.8, 4) is 0 Å². The third-order valence-corrected chi connectivity index (χ3v) is 2.65. The van der Waals surface area contributed by atoms with Crippen LogP contribution in [-0.4, -0.2) is 15.7 Å². The van der Waals surface area contributed by atoms with Crippen LogP contribution in [0.15, 0.2) is 30.5 Å². The smallest absolute Gasteiger partial charge is 0.253 e. The maximum absolute atomic E-state index is 11.9. The second-order valence-corrected chi connectivity index (χ2v) is 4.25. The van der Waals surface area contributed by atoms with Crippen LogP contribution in [0.25, 0.3) is 0 Å². The van der Waals surface area contributed by atoms with Crippen molar-refractivity contribution in [2.45, 2.75) is 13.5 Å². The van der Waals surface area contributed by atoms with Gasteiger partial charge < -0.3 is 11.1 Å². The molecule has 3 N–H and O–H groups in total. The fraction of sp³-hybridized carbons (Fsp3) is 0.231. The lowest BCUT2D eigenvalue weighted by molar-refractivity contribution is 0.0951. The van der Waals surface area contributed by atoms with E-state index in [1.54, 1.807) is 16.8 Å². The summed E-state index contributed by atoms with van der Waals surface area (Å²) >= 11 is 0. The van der Waals surface area contributed by atoms with Gasteiger partial charge in [0.2, 0.25) is 0 Å². The molecule has 0 spiro atoms. The number of amides is 1. The van der Waals surface area contributed by atoms with Crippen LogP contribution in [0.4, 0.5) is 5.69 Å². The fourth-order valence-electron chi connectivity index (χ4n) is 1.71. The highest BCUT2D eigenvalue weighted by Gasteiger charge is 2.09. The number of benzene rings is 1. The molecule has 18 heavy (non-hydrogen) atoms.